The Kier molecular flexibility index (Phi) is 4.96. The molecule has 1 aliphatic rings. The minimum atomic E-state index is 0.715. The van der Waals surface area contributed by atoms with Crippen molar-refractivity contribution in [1.29, 1.82) is 0 Å². The van der Waals surface area contributed by atoms with Gasteiger partial charge in [0, 0.05) is 18.7 Å². The van der Waals surface area contributed by atoms with Gasteiger partial charge in [0.15, 0.2) is 5.76 Å². The van der Waals surface area contributed by atoms with Crippen molar-refractivity contribution >= 4 is 0 Å². The standard InChI is InChI=1S/C14H23N3O/c1-3-4-5-8-17(2)11-14-9-13(16-18-14)10-15-12-6-7-12/h3,9,12,15H,1,4-8,10-11H2,2H3. The van der Waals surface area contributed by atoms with Crippen molar-refractivity contribution in [3.8, 4) is 0 Å². The van der Waals surface area contributed by atoms with Crippen LogP contribution in [0.1, 0.15) is 37.1 Å². The van der Waals surface area contributed by atoms with Crippen LogP contribution >= 0.6 is 0 Å². The summed E-state index contributed by atoms with van der Waals surface area (Å²) in [6.07, 6.45) is 6.78. The topological polar surface area (TPSA) is 41.3 Å². The molecule has 0 bridgehead atoms. The molecule has 4 heteroatoms. The minimum absolute atomic E-state index is 0.715. The predicted molar refractivity (Wildman–Crippen MR) is 72.1 cm³/mol. The Morgan fingerprint density at radius 1 is 1.61 bits per heavy atom. The Labute approximate surface area is 109 Å². The average molecular weight is 249 g/mol. The summed E-state index contributed by atoms with van der Waals surface area (Å²) in [6, 6.07) is 2.77. The Bertz CT molecular complexity index is 371. The molecule has 18 heavy (non-hydrogen) atoms. The van der Waals surface area contributed by atoms with Gasteiger partial charge < -0.3 is 9.84 Å². The highest BCUT2D eigenvalue weighted by atomic mass is 16.5. The van der Waals surface area contributed by atoms with Crippen molar-refractivity contribution in [2.75, 3.05) is 13.6 Å². The van der Waals surface area contributed by atoms with Crippen LogP contribution in [0.2, 0.25) is 0 Å². The molecule has 0 aromatic carbocycles. The van der Waals surface area contributed by atoms with Gasteiger partial charge in [-0.15, -0.1) is 6.58 Å². The lowest BCUT2D eigenvalue weighted by molar-refractivity contribution is 0.269. The quantitative estimate of drug-likeness (QED) is 0.539. The molecule has 0 saturated heterocycles. The Balaban J connectivity index is 1.69. The molecule has 0 spiro atoms. The number of allylic oxidation sites excluding steroid dienone is 1. The normalized spacial score (nSPS) is 15.2. The molecule has 100 valence electrons. The molecule has 1 N–H and O–H groups in total. The second kappa shape index (κ2) is 6.71. The van der Waals surface area contributed by atoms with Crippen molar-refractivity contribution in [2.24, 2.45) is 0 Å². The number of hydrogen-bond acceptors (Lipinski definition) is 4. The van der Waals surface area contributed by atoms with Crippen LogP contribution in [0, 0.1) is 0 Å². The van der Waals surface area contributed by atoms with Gasteiger partial charge in [0.2, 0.25) is 0 Å². The largest absolute Gasteiger partial charge is 0.360 e. The van der Waals surface area contributed by atoms with Gasteiger partial charge in [-0.2, -0.15) is 0 Å². The van der Waals surface area contributed by atoms with Gasteiger partial charge in [0.05, 0.1) is 12.2 Å². The van der Waals surface area contributed by atoms with E-state index in [1.165, 1.54) is 12.8 Å². The summed E-state index contributed by atoms with van der Waals surface area (Å²) in [5.41, 5.74) is 1.01. The fourth-order valence-electron chi connectivity index (χ4n) is 1.90. The van der Waals surface area contributed by atoms with Gasteiger partial charge in [-0.25, -0.2) is 0 Å². The maximum Gasteiger partial charge on any atom is 0.151 e. The first-order valence-electron chi connectivity index (χ1n) is 6.75. The van der Waals surface area contributed by atoms with Crippen LogP contribution < -0.4 is 5.32 Å². The summed E-state index contributed by atoms with van der Waals surface area (Å²) >= 11 is 0. The molecule has 1 saturated carbocycles. The van der Waals surface area contributed by atoms with Crippen molar-refractivity contribution in [2.45, 2.75) is 44.8 Å². The van der Waals surface area contributed by atoms with Crippen LogP contribution in [0.3, 0.4) is 0 Å². The molecule has 0 aliphatic heterocycles. The number of rotatable bonds is 9. The highest BCUT2D eigenvalue weighted by molar-refractivity contribution is 5.05. The highest BCUT2D eigenvalue weighted by Crippen LogP contribution is 2.19. The molecule has 1 aliphatic carbocycles. The molecule has 1 aromatic rings. The zero-order valence-corrected chi connectivity index (χ0v) is 11.2. The van der Waals surface area contributed by atoms with E-state index in [4.69, 9.17) is 4.52 Å². The van der Waals surface area contributed by atoms with Crippen LogP contribution in [-0.4, -0.2) is 29.7 Å². The van der Waals surface area contributed by atoms with E-state index in [2.05, 4.69) is 35.1 Å². The number of nitrogens with zero attached hydrogens (tertiary/aromatic N) is 2. The average Bonchev–Trinajstić information content (AvgIpc) is 3.08. The minimum Gasteiger partial charge on any atom is -0.360 e. The summed E-state index contributed by atoms with van der Waals surface area (Å²) in [7, 11) is 2.10. The van der Waals surface area contributed by atoms with E-state index >= 15 is 0 Å². The first-order valence-corrected chi connectivity index (χ1v) is 6.75. The van der Waals surface area contributed by atoms with E-state index in [1.54, 1.807) is 0 Å². The predicted octanol–water partition coefficient (Wildman–Crippen LogP) is 2.32. The Morgan fingerprint density at radius 3 is 3.17 bits per heavy atom. The number of unbranched alkanes of at least 4 members (excludes halogenated alkanes) is 1. The molecule has 1 heterocycles. The SMILES string of the molecule is C=CCCCN(C)Cc1cc(CNC2CC2)no1. The second-order valence-electron chi connectivity index (χ2n) is 5.11. The molecule has 0 atom stereocenters. The highest BCUT2D eigenvalue weighted by Gasteiger charge is 2.20. The van der Waals surface area contributed by atoms with E-state index in [0.29, 0.717) is 6.04 Å². The summed E-state index contributed by atoms with van der Waals surface area (Å²) in [4.78, 5) is 2.25. The third-order valence-electron chi connectivity index (χ3n) is 3.13. The molecule has 1 aromatic heterocycles. The zero-order valence-electron chi connectivity index (χ0n) is 11.2. The molecule has 0 radical (unpaired) electrons. The van der Waals surface area contributed by atoms with Crippen LogP contribution in [0.15, 0.2) is 23.2 Å². The van der Waals surface area contributed by atoms with Crippen molar-refractivity contribution < 1.29 is 4.52 Å². The van der Waals surface area contributed by atoms with Gasteiger partial charge in [0.25, 0.3) is 0 Å². The molecule has 0 unspecified atom stereocenters. The molecule has 4 nitrogen and oxygen atoms in total. The number of hydrogen-bond donors (Lipinski definition) is 1. The zero-order chi connectivity index (χ0) is 12.8. The fourth-order valence-corrected chi connectivity index (χ4v) is 1.90. The molecular weight excluding hydrogens is 226 g/mol. The van der Waals surface area contributed by atoms with E-state index in [9.17, 15) is 0 Å². The van der Waals surface area contributed by atoms with E-state index < -0.39 is 0 Å². The van der Waals surface area contributed by atoms with Crippen LogP contribution in [0.25, 0.3) is 0 Å². The molecule has 0 amide bonds. The van der Waals surface area contributed by atoms with Gasteiger partial charge in [0.1, 0.15) is 0 Å². The summed E-state index contributed by atoms with van der Waals surface area (Å²) in [5.74, 6) is 0.948. The van der Waals surface area contributed by atoms with E-state index in [0.717, 1.165) is 43.9 Å². The first-order chi connectivity index (χ1) is 8.78. The van der Waals surface area contributed by atoms with Gasteiger partial charge in [-0.3, -0.25) is 4.90 Å². The number of aromatic nitrogens is 1. The lowest BCUT2D eigenvalue weighted by atomic mass is 10.3. The smallest absolute Gasteiger partial charge is 0.151 e. The maximum atomic E-state index is 5.34. The van der Waals surface area contributed by atoms with Crippen LogP contribution in [0.4, 0.5) is 0 Å². The monoisotopic (exact) mass is 249 g/mol. The maximum absolute atomic E-state index is 5.34. The lowest BCUT2D eigenvalue weighted by Gasteiger charge is -2.13. The van der Waals surface area contributed by atoms with Crippen molar-refractivity contribution in [3.05, 3.63) is 30.2 Å². The first kappa shape index (κ1) is 13.3. The second-order valence-corrected chi connectivity index (χ2v) is 5.11. The Hall–Kier alpha value is -1.13. The third-order valence-corrected chi connectivity index (χ3v) is 3.13. The molecular formula is C14H23N3O. The summed E-state index contributed by atoms with van der Waals surface area (Å²) < 4.78 is 5.34. The summed E-state index contributed by atoms with van der Waals surface area (Å²) in [5, 5.41) is 7.52. The lowest BCUT2D eigenvalue weighted by Crippen LogP contribution is -2.18. The Morgan fingerprint density at radius 2 is 2.44 bits per heavy atom. The van der Waals surface area contributed by atoms with Gasteiger partial charge >= 0.3 is 0 Å². The van der Waals surface area contributed by atoms with Crippen molar-refractivity contribution in [3.63, 3.8) is 0 Å². The summed E-state index contributed by atoms with van der Waals surface area (Å²) in [6.45, 7) is 6.44. The van der Waals surface area contributed by atoms with Gasteiger partial charge in [-0.05, 0) is 39.3 Å². The molecule has 1 fully saturated rings. The molecule has 2 rings (SSSR count). The fraction of sp³-hybridized carbons (Fsp3) is 0.643. The van der Waals surface area contributed by atoms with Crippen LogP contribution in [0.5, 0.6) is 0 Å². The third kappa shape index (κ3) is 4.63. The van der Waals surface area contributed by atoms with Crippen LogP contribution in [-0.2, 0) is 13.1 Å². The van der Waals surface area contributed by atoms with E-state index in [1.807, 2.05) is 6.08 Å². The van der Waals surface area contributed by atoms with Crippen molar-refractivity contribution in [1.82, 2.24) is 15.4 Å². The van der Waals surface area contributed by atoms with Gasteiger partial charge in [-0.1, -0.05) is 11.2 Å². The van der Waals surface area contributed by atoms with E-state index in [-0.39, 0.29) is 0 Å². The number of nitrogens with one attached hydrogen (secondary N) is 1.